The lowest BCUT2D eigenvalue weighted by Crippen LogP contribution is -2.37. The van der Waals surface area contributed by atoms with Crippen LogP contribution < -0.4 is 5.32 Å². The van der Waals surface area contributed by atoms with E-state index in [2.05, 4.69) is 25.0 Å². The number of carboxylic acids is 1. The number of amides is 1. The van der Waals surface area contributed by atoms with Crippen LogP contribution in [0.5, 0.6) is 0 Å². The van der Waals surface area contributed by atoms with Crippen molar-refractivity contribution in [3.05, 3.63) is 0 Å². The zero-order chi connectivity index (χ0) is 12.6. The third-order valence-corrected chi connectivity index (χ3v) is 1.07. The van der Waals surface area contributed by atoms with Crippen LogP contribution in [0.15, 0.2) is 0 Å². The molecule has 4 nitrogen and oxygen atoms in total. The molecular formula is C9H20ClNO3Si. The highest BCUT2D eigenvalue weighted by molar-refractivity contribution is 7.18. The van der Waals surface area contributed by atoms with Crippen LogP contribution in [0, 0.1) is 0 Å². The van der Waals surface area contributed by atoms with Crippen LogP contribution in [0.4, 0.5) is 0 Å². The number of carboxylic acid groups (broad SMARTS) is 1. The van der Waals surface area contributed by atoms with Crippen molar-refractivity contribution >= 4 is 30.3 Å². The second-order valence-electron chi connectivity index (χ2n) is 4.05. The van der Waals surface area contributed by atoms with E-state index in [0.29, 0.717) is 6.42 Å². The van der Waals surface area contributed by atoms with Gasteiger partial charge in [0.2, 0.25) is 5.91 Å². The summed E-state index contributed by atoms with van der Waals surface area (Å²) in [6, 6.07) is -0.785. The standard InChI is InChI=1S/C6H11NO3.C3H9ClSi/c1-3-5(8)7-4(2)6(9)10;1-5(2,3)4/h4H,3H2,1-2H3,(H,7,8)(H,9,10);1-3H3/t4-;/m0./s1. The predicted molar refractivity (Wildman–Crippen MR) is 64.7 cm³/mol. The number of hydrogen-bond donors (Lipinski definition) is 2. The first-order valence-electron chi connectivity index (χ1n) is 4.79. The number of rotatable bonds is 3. The second kappa shape index (κ2) is 7.70. The second-order valence-corrected chi connectivity index (χ2v) is 11.6. The molecular weight excluding hydrogens is 234 g/mol. The van der Waals surface area contributed by atoms with Crippen molar-refractivity contribution in [2.75, 3.05) is 0 Å². The Bertz CT molecular complexity index is 210. The van der Waals surface area contributed by atoms with Gasteiger partial charge in [0.05, 0.1) is 0 Å². The highest BCUT2D eigenvalue weighted by atomic mass is 35.6. The van der Waals surface area contributed by atoms with Crippen molar-refractivity contribution in [2.45, 2.75) is 46.0 Å². The van der Waals surface area contributed by atoms with Gasteiger partial charge in [0.1, 0.15) is 13.4 Å². The van der Waals surface area contributed by atoms with Crippen molar-refractivity contribution in [3.63, 3.8) is 0 Å². The smallest absolute Gasteiger partial charge is 0.325 e. The van der Waals surface area contributed by atoms with Gasteiger partial charge in [0, 0.05) is 6.42 Å². The Kier molecular flexibility index (Phi) is 8.66. The van der Waals surface area contributed by atoms with E-state index in [4.69, 9.17) is 16.2 Å². The average molecular weight is 254 g/mol. The molecule has 0 radical (unpaired) electrons. The predicted octanol–water partition coefficient (Wildman–Crippen LogP) is 2.05. The normalized spacial score (nSPS) is 12.1. The van der Waals surface area contributed by atoms with Crippen LogP contribution in [-0.4, -0.2) is 30.4 Å². The van der Waals surface area contributed by atoms with Crippen LogP contribution in [0.3, 0.4) is 0 Å². The molecule has 0 saturated heterocycles. The van der Waals surface area contributed by atoms with Gasteiger partial charge in [-0.1, -0.05) is 26.6 Å². The third-order valence-electron chi connectivity index (χ3n) is 1.07. The molecule has 0 bridgehead atoms. The van der Waals surface area contributed by atoms with Gasteiger partial charge in [0.15, 0.2) is 0 Å². The van der Waals surface area contributed by atoms with E-state index in [9.17, 15) is 9.59 Å². The van der Waals surface area contributed by atoms with Crippen LogP contribution in [0.1, 0.15) is 20.3 Å². The Morgan fingerprint density at radius 3 is 1.93 bits per heavy atom. The average Bonchev–Trinajstić information content (AvgIpc) is 2.00. The Morgan fingerprint density at radius 1 is 1.40 bits per heavy atom. The van der Waals surface area contributed by atoms with Gasteiger partial charge >= 0.3 is 5.97 Å². The Hall–Kier alpha value is -0.553. The molecule has 0 unspecified atom stereocenters. The number of hydrogen-bond acceptors (Lipinski definition) is 2. The molecule has 0 aromatic rings. The quantitative estimate of drug-likeness (QED) is 0.598. The molecule has 2 N–H and O–H groups in total. The van der Waals surface area contributed by atoms with Gasteiger partial charge in [-0.3, -0.25) is 9.59 Å². The van der Waals surface area contributed by atoms with Crippen LogP contribution in [0.25, 0.3) is 0 Å². The highest BCUT2D eigenvalue weighted by Crippen LogP contribution is 2.03. The van der Waals surface area contributed by atoms with Crippen LogP contribution in [0.2, 0.25) is 19.6 Å². The van der Waals surface area contributed by atoms with E-state index in [-0.39, 0.29) is 5.91 Å². The van der Waals surface area contributed by atoms with Crippen LogP contribution >= 0.6 is 11.1 Å². The number of carbonyl (C=O) groups excluding carboxylic acids is 1. The third kappa shape index (κ3) is 19.7. The summed E-state index contributed by atoms with van der Waals surface area (Å²) >= 11 is 5.67. The van der Waals surface area contributed by atoms with Crippen molar-refractivity contribution in [1.82, 2.24) is 5.32 Å². The van der Waals surface area contributed by atoms with Crippen molar-refractivity contribution in [3.8, 4) is 0 Å². The molecule has 0 aromatic heterocycles. The number of halogens is 1. The van der Waals surface area contributed by atoms with Gasteiger partial charge in [-0.2, -0.15) is 11.1 Å². The minimum absolute atomic E-state index is 0.241. The van der Waals surface area contributed by atoms with Crippen molar-refractivity contribution < 1.29 is 14.7 Å². The molecule has 90 valence electrons. The van der Waals surface area contributed by atoms with Gasteiger partial charge < -0.3 is 10.4 Å². The van der Waals surface area contributed by atoms with Crippen LogP contribution in [-0.2, 0) is 9.59 Å². The van der Waals surface area contributed by atoms with E-state index in [0.717, 1.165) is 0 Å². The maximum Gasteiger partial charge on any atom is 0.325 e. The number of carbonyl (C=O) groups is 2. The molecule has 0 aliphatic rings. The fourth-order valence-corrected chi connectivity index (χ4v) is 0.405. The summed E-state index contributed by atoms with van der Waals surface area (Å²) in [4.78, 5) is 20.7. The lowest BCUT2D eigenvalue weighted by molar-refractivity contribution is -0.141. The van der Waals surface area contributed by atoms with Crippen molar-refractivity contribution in [1.29, 1.82) is 0 Å². The van der Waals surface area contributed by atoms with Gasteiger partial charge in [-0.15, -0.1) is 0 Å². The van der Waals surface area contributed by atoms with E-state index in [1.807, 2.05) is 0 Å². The summed E-state index contributed by atoms with van der Waals surface area (Å²) < 4.78 is 0. The minimum Gasteiger partial charge on any atom is -0.480 e. The highest BCUT2D eigenvalue weighted by Gasteiger charge is 2.11. The molecule has 0 fully saturated rings. The molecule has 0 aromatic carbocycles. The largest absolute Gasteiger partial charge is 0.480 e. The molecule has 0 spiro atoms. The van der Waals surface area contributed by atoms with Crippen molar-refractivity contribution in [2.24, 2.45) is 0 Å². The topological polar surface area (TPSA) is 66.4 Å². The summed E-state index contributed by atoms with van der Waals surface area (Å²) in [6.07, 6.45) is 0.317. The lowest BCUT2D eigenvalue weighted by Gasteiger charge is -2.06. The van der Waals surface area contributed by atoms with E-state index < -0.39 is 19.4 Å². The zero-order valence-electron chi connectivity index (χ0n) is 9.93. The van der Waals surface area contributed by atoms with Gasteiger partial charge in [0.25, 0.3) is 0 Å². The monoisotopic (exact) mass is 253 g/mol. The number of nitrogens with one attached hydrogen (secondary N) is 1. The summed E-state index contributed by atoms with van der Waals surface area (Å²) in [6.45, 7) is 9.37. The summed E-state index contributed by atoms with van der Waals surface area (Å²) in [5.74, 6) is -1.25. The Labute approximate surface area is 96.7 Å². The molecule has 0 rings (SSSR count). The molecule has 1 amide bonds. The minimum atomic E-state index is -1.14. The lowest BCUT2D eigenvalue weighted by atomic mass is 10.3. The molecule has 0 saturated carbocycles. The summed E-state index contributed by atoms with van der Waals surface area (Å²) in [5, 5.41) is 10.6. The van der Waals surface area contributed by atoms with Gasteiger partial charge in [-0.05, 0) is 6.92 Å². The maximum atomic E-state index is 10.6. The molecule has 6 heteroatoms. The van der Waals surface area contributed by atoms with E-state index in [1.165, 1.54) is 6.92 Å². The molecule has 1 atom stereocenters. The summed E-state index contributed by atoms with van der Waals surface area (Å²) in [5.41, 5.74) is 0. The number of aliphatic carboxylic acids is 1. The first-order valence-corrected chi connectivity index (χ1v) is 9.30. The Morgan fingerprint density at radius 2 is 1.73 bits per heavy atom. The van der Waals surface area contributed by atoms with E-state index >= 15 is 0 Å². The molecule has 0 aliphatic carbocycles. The first-order chi connectivity index (χ1) is 6.57. The summed E-state index contributed by atoms with van der Waals surface area (Å²) in [7, 11) is -1.14. The maximum absolute atomic E-state index is 10.6. The van der Waals surface area contributed by atoms with Gasteiger partial charge in [-0.25, -0.2) is 0 Å². The molecule has 0 heterocycles. The molecule has 15 heavy (non-hydrogen) atoms. The SMILES string of the molecule is CCC(=O)N[C@@H](C)C(=O)O.C[Si](C)(C)Cl. The van der Waals surface area contributed by atoms with E-state index in [1.54, 1.807) is 6.92 Å². The molecule has 0 aliphatic heterocycles. The fraction of sp³-hybridized carbons (Fsp3) is 0.778. The fourth-order valence-electron chi connectivity index (χ4n) is 0.405. The zero-order valence-corrected chi connectivity index (χ0v) is 11.7. The Balaban J connectivity index is 0. The first kappa shape index (κ1) is 16.9.